The summed E-state index contributed by atoms with van der Waals surface area (Å²) in [6, 6.07) is 12.3. The summed E-state index contributed by atoms with van der Waals surface area (Å²) in [6.45, 7) is 10.3. The Morgan fingerprint density at radius 2 is 1.87 bits per heavy atom. The molecular formula is C30H34N2O6S. The van der Waals surface area contributed by atoms with Gasteiger partial charge in [0.1, 0.15) is 5.75 Å². The molecule has 1 aliphatic rings. The largest absolute Gasteiger partial charge is 0.494 e. The third-order valence-electron chi connectivity index (χ3n) is 6.03. The number of carbonyl (C=O) groups is 1. The highest BCUT2D eigenvalue weighted by Crippen LogP contribution is 2.36. The molecule has 1 atom stereocenters. The number of hydrogen-bond donors (Lipinski definition) is 0. The molecule has 3 aromatic rings. The van der Waals surface area contributed by atoms with Crippen LogP contribution in [0.2, 0.25) is 0 Å². The molecule has 2 aromatic carbocycles. The Hall–Kier alpha value is -3.85. The molecule has 39 heavy (non-hydrogen) atoms. The van der Waals surface area contributed by atoms with Crippen LogP contribution < -0.4 is 29.1 Å². The number of rotatable bonds is 10. The number of benzene rings is 2. The number of esters is 1. The summed E-state index contributed by atoms with van der Waals surface area (Å²) in [7, 11) is 1.56. The Morgan fingerprint density at radius 1 is 1.13 bits per heavy atom. The van der Waals surface area contributed by atoms with Gasteiger partial charge < -0.3 is 18.9 Å². The molecule has 8 nitrogen and oxygen atoms in total. The van der Waals surface area contributed by atoms with Crippen LogP contribution in [0.3, 0.4) is 0 Å². The van der Waals surface area contributed by atoms with E-state index in [1.54, 1.807) is 37.7 Å². The zero-order chi connectivity index (χ0) is 28.1. The summed E-state index contributed by atoms with van der Waals surface area (Å²) in [5.41, 5.74) is 2.12. The average Bonchev–Trinajstić information content (AvgIpc) is 3.21. The van der Waals surface area contributed by atoms with Gasteiger partial charge in [-0.3, -0.25) is 9.36 Å². The van der Waals surface area contributed by atoms with E-state index < -0.39 is 12.0 Å². The predicted molar refractivity (Wildman–Crippen MR) is 151 cm³/mol. The van der Waals surface area contributed by atoms with E-state index in [1.165, 1.54) is 11.3 Å². The van der Waals surface area contributed by atoms with Gasteiger partial charge in [-0.2, -0.15) is 0 Å². The SMILES string of the molecule is CCCOc1ccc(/C=c2\sc3n(c2=O)[C@H](c2ccc(OC(C)C)c(OC)c2)C(C(=O)OCC)=C(C)N=3)cc1. The third kappa shape index (κ3) is 6.09. The molecule has 0 aliphatic carbocycles. The van der Waals surface area contributed by atoms with E-state index in [2.05, 4.69) is 11.9 Å². The van der Waals surface area contributed by atoms with Crippen LogP contribution in [-0.2, 0) is 9.53 Å². The molecule has 0 amide bonds. The van der Waals surface area contributed by atoms with Crippen LogP contribution in [0.5, 0.6) is 17.2 Å². The van der Waals surface area contributed by atoms with Gasteiger partial charge in [-0.05, 0) is 75.6 Å². The van der Waals surface area contributed by atoms with Crippen molar-refractivity contribution < 1.29 is 23.7 Å². The number of allylic oxidation sites excluding steroid dienone is 1. The van der Waals surface area contributed by atoms with Crippen LogP contribution in [0, 0.1) is 0 Å². The highest BCUT2D eigenvalue weighted by atomic mass is 32.1. The minimum Gasteiger partial charge on any atom is -0.494 e. The van der Waals surface area contributed by atoms with E-state index in [0.29, 0.717) is 44.3 Å². The third-order valence-corrected chi connectivity index (χ3v) is 7.02. The maximum absolute atomic E-state index is 13.8. The lowest BCUT2D eigenvalue weighted by molar-refractivity contribution is -0.139. The van der Waals surface area contributed by atoms with Gasteiger partial charge in [0.15, 0.2) is 16.3 Å². The number of methoxy groups -OCH3 is 1. The Kier molecular flexibility index (Phi) is 8.91. The summed E-state index contributed by atoms with van der Waals surface area (Å²) in [5, 5.41) is 0. The molecule has 0 radical (unpaired) electrons. The van der Waals surface area contributed by atoms with E-state index in [1.807, 2.05) is 50.3 Å². The molecule has 206 valence electrons. The Morgan fingerprint density at radius 3 is 2.51 bits per heavy atom. The molecule has 9 heteroatoms. The molecule has 0 N–H and O–H groups in total. The van der Waals surface area contributed by atoms with E-state index >= 15 is 0 Å². The first-order chi connectivity index (χ1) is 18.8. The van der Waals surface area contributed by atoms with Crippen LogP contribution in [0.15, 0.2) is 63.5 Å². The molecule has 0 unspecified atom stereocenters. The zero-order valence-corrected chi connectivity index (χ0v) is 24.0. The van der Waals surface area contributed by atoms with Gasteiger partial charge in [0.2, 0.25) is 0 Å². The second kappa shape index (κ2) is 12.3. The van der Waals surface area contributed by atoms with Crippen molar-refractivity contribution >= 4 is 23.4 Å². The number of aromatic nitrogens is 1. The first kappa shape index (κ1) is 28.2. The molecule has 0 bridgehead atoms. The van der Waals surface area contributed by atoms with Crippen molar-refractivity contribution in [2.45, 2.75) is 53.2 Å². The van der Waals surface area contributed by atoms with Crippen LogP contribution >= 0.6 is 11.3 Å². The first-order valence-corrected chi connectivity index (χ1v) is 13.9. The fourth-order valence-electron chi connectivity index (χ4n) is 4.34. The van der Waals surface area contributed by atoms with Crippen molar-refractivity contribution in [1.82, 2.24) is 4.57 Å². The zero-order valence-electron chi connectivity index (χ0n) is 23.1. The van der Waals surface area contributed by atoms with Crippen molar-refractivity contribution in [2.24, 2.45) is 4.99 Å². The van der Waals surface area contributed by atoms with Gasteiger partial charge in [-0.15, -0.1) is 0 Å². The number of hydrogen-bond acceptors (Lipinski definition) is 8. The molecule has 1 aliphatic heterocycles. The van der Waals surface area contributed by atoms with Crippen LogP contribution in [0.1, 0.15) is 58.2 Å². The maximum Gasteiger partial charge on any atom is 0.338 e. The Bertz CT molecular complexity index is 1550. The van der Waals surface area contributed by atoms with Gasteiger partial charge in [0, 0.05) is 0 Å². The van der Waals surface area contributed by atoms with E-state index in [-0.39, 0.29) is 18.3 Å². The number of nitrogens with zero attached hydrogens (tertiary/aromatic N) is 2. The van der Waals surface area contributed by atoms with E-state index in [9.17, 15) is 9.59 Å². The summed E-state index contributed by atoms with van der Waals surface area (Å²) in [4.78, 5) is 32.1. The summed E-state index contributed by atoms with van der Waals surface area (Å²) < 4.78 is 24.6. The number of fused-ring (bicyclic) bond motifs is 1. The molecule has 0 fully saturated rings. The van der Waals surface area contributed by atoms with E-state index in [4.69, 9.17) is 18.9 Å². The highest BCUT2D eigenvalue weighted by Gasteiger charge is 2.34. The van der Waals surface area contributed by atoms with Gasteiger partial charge >= 0.3 is 5.97 Å². The van der Waals surface area contributed by atoms with Crippen molar-refractivity contribution in [1.29, 1.82) is 0 Å². The van der Waals surface area contributed by atoms with Gasteiger partial charge in [-0.25, -0.2) is 9.79 Å². The van der Waals surface area contributed by atoms with Crippen molar-refractivity contribution in [2.75, 3.05) is 20.3 Å². The molecule has 1 aromatic heterocycles. The van der Waals surface area contributed by atoms with Crippen LogP contribution in [0.4, 0.5) is 0 Å². The fraction of sp³-hybridized carbons (Fsp3) is 0.367. The lowest BCUT2D eigenvalue weighted by Crippen LogP contribution is -2.40. The lowest BCUT2D eigenvalue weighted by Gasteiger charge is -2.25. The number of ether oxygens (including phenoxy) is 4. The number of carbonyl (C=O) groups excluding carboxylic acids is 1. The monoisotopic (exact) mass is 550 g/mol. The van der Waals surface area contributed by atoms with Crippen LogP contribution in [0.25, 0.3) is 6.08 Å². The highest BCUT2D eigenvalue weighted by molar-refractivity contribution is 7.07. The van der Waals surface area contributed by atoms with Crippen molar-refractivity contribution in [3.63, 3.8) is 0 Å². The van der Waals surface area contributed by atoms with Crippen molar-refractivity contribution in [3.05, 3.63) is 84.5 Å². The maximum atomic E-state index is 13.8. The second-order valence-electron chi connectivity index (χ2n) is 9.30. The minimum atomic E-state index is -0.741. The second-order valence-corrected chi connectivity index (χ2v) is 10.3. The molecular weight excluding hydrogens is 516 g/mol. The topological polar surface area (TPSA) is 88.3 Å². The van der Waals surface area contributed by atoms with Gasteiger partial charge in [-0.1, -0.05) is 36.5 Å². The first-order valence-electron chi connectivity index (χ1n) is 13.0. The summed E-state index contributed by atoms with van der Waals surface area (Å²) in [5.74, 6) is 1.35. The molecule has 4 rings (SSSR count). The Labute approximate surface area is 231 Å². The van der Waals surface area contributed by atoms with Crippen molar-refractivity contribution in [3.8, 4) is 17.2 Å². The van der Waals surface area contributed by atoms with Gasteiger partial charge in [0.05, 0.1) is 48.3 Å². The van der Waals surface area contributed by atoms with Crippen LogP contribution in [-0.4, -0.2) is 37.0 Å². The lowest BCUT2D eigenvalue weighted by atomic mass is 9.95. The Balaban J connectivity index is 1.86. The van der Waals surface area contributed by atoms with Gasteiger partial charge in [0.25, 0.3) is 5.56 Å². The quantitative estimate of drug-likeness (QED) is 0.348. The molecule has 0 spiro atoms. The molecule has 0 saturated heterocycles. The molecule has 2 heterocycles. The predicted octanol–water partition coefficient (Wildman–Crippen LogP) is 4.38. The number of thiazole rings is 1. The smallest absolute Gasteiger partial charge is 0.338 e. The fourth-order valence-corrected chi connectivity index (χ4v) is 5.39. The standard InChI is InChI=1S/C30H34N2O6S/c1-7-15-37-22-12-9-20(10-13-22)16-25-28(33)32-27(21-11-14-23(38-18(3)4)24(17-21)35-6)26(29(34)36-8-2)19(5)31-30(32)39-25/h9-14,16-18,27H,7-8,15H2,1-6H3/b25-16-/t27-/m1/s1. The minimum absolute atomic E-state index is 0.0491. The summed E-state index contributed by atoms with van der Waals surface area (Å²) in [6.07, 6.45) is 2.71. The summed E-state index contributed by atoms with van der Waals surface area (Å²) >= 11 is 1.28. The van der Waals surface area contributed by atoms with E-state index in [0.717, 1.165) is 17.7 Å². The average molecular weight is 551 g/mol. The normalized spacial score (nSPS) is 15.2. The molecule has 0 saturated carbocycles.